The van der Waals surface area contributed by atoms with Gasteiger partial charge in [-0.3, -0.25) is 4.98 Å². The molecule has 96 valence electrons. The molecular formula is C14H16BrIN2. The molecule has 18 heavy (non-hydrogen) atoms. The Kier molecular flexibility index (Phi) is 4.84. The van der Waals surface area contributed by atoms with E-state index in [1.807, 2.05) is 0 Å². The van der Waals surface area contributed by atoms with Gasteiger partial charge in [0.15, 0.2) is 0 Å². The summed E-state index contributed by atoms with van der Waals surface area (Å²) in [7, 11) is 0. The van der Waals surface area contributed by atoms with Crippen LogP contribution in [0.15, 0.2) is 22.7 Å². The fourth-order valence-electron chi connectivity index (χ4n) is 2.04. The minimum atomic E-state index is 0.919. The van der Waals surface area contributed by atoms with Gasteiger partial charge in [0.2, 0.25) is 0 Å². The normalized spacial score (nSPS) is 10.9. The van der Waals surface area contributed by atoms with Gasteiger partial charge >= 0.3 is 0 Å². The lowest BCUT2D eigenvalue weighted by molar-refractivity contribution is 0.889. The van der Waals surface area contributed by atoms with E-state index in [1.165, 1.54) is 14.6 Å². The van der Waals surface area contributed by atoms with Gasteiger partial charge in [0, 0.05) is 31.4 Å². The molecule has 2 nitrogen and oxygen atoms in total. The zero-order valence-corrected chi connectivity index (χ0v) is 14.3. The van der Waals surface area contributed by atoms with Crippen molar-refractivity contribution < 1.29 is 0 Å². The van der Waals surface area contributed by atoms with Crippen LogP contribution >= 0.6 is 38.5 Å². The average Bonchev–Trinajstić information content (AvgIpc) is 2.34. The van der Waals surface area contributed by atoms with Gasteiger partial charge in [-0.2, -0.15) is 0 Å². The van der Waals surface area contributed by atoms with E-state index >= 15 is 0 Å². The molecule has 1 aromatic heterocycles. The van der Waals surface area contributed by atoms with Crippen LogP contribution in [0.5, 0.6) is 0 Å². The maximum absolute atomic E-state index is 4.79. The molecule has 4 heteroatoms. The number of aryl methyl sites for hydroxylation is 1. The number of benzene rings is 1. The summed E-state index contributed by atoms with van der Waals surface area (Å²) in [6, 6.07) is 6.37. The van der Waals surface area contributed by atoms with Crippen LogP contribution in [0, 0.1) is 3.57 Å². The largest absolute Gasteiger partial charge is 0.385 e. The lowest BCUT2D eigenvalue weighted by Gasteiger charge is -2.13. The van der Waals surface area contributed by atoms with Crippen molar-refractivity contribution in [1.29, 1.82) is 0 Å². The summed E-state index contributed by atoms with van der Waals surface area (Å²) in [5.74, 6) is 0. The molecule has 1 N–H and O–H groups in total. The van der Waals surface area contributed by atoms with Gasteiger partial charge in [0.25, 0.3) is 0 Å². The maximum atomic E-state index is 4.79. The predicted molar refractivity (Wildman–Crippen MR) is 90.3 cm³/mol. The average molecular weight is 419 g/mol. The van der Waals surface area contributed by atoms with Gasteiger partial charge in [0.05, 0.1) is 5.52 Å². The Hall–Kier alpha value is -0.360. The molecule has 0 aliphatic carbocycles. The van der Waals surface area contributed by atoms with Crippen molar-refractivity contribution >= 4 is 55.1 Å². The molecule has 0 bridgehead atoms. The number of anilines is 1. The molecule has 0 saturated carbocycles. The summed E-state index contributed by atoms with van der Waals surface area (Å²) in [5.41, 5.74) is 3.43. The van der Waals surface area contributed by atoms with Gasteiger partial charge in [-0.05, 0) is 54.1 Å². The third kappa shape index (κ3) is 2.79. The van der Waals surface area contributed by atoms with E-state index in [9.17, 15) is 0 Å². The monoisotopic (exact) mass is 418 g/mol. The van der Waals surface area contributed by atoms with E-state index in [4.69, 9.17) is 4.98 Å². The van der Waals surface area contributed by atoms with Crippen LogP contribution in [0.25, 0.3) is 10.9 Å². The fraction of sp³-hybridized carbons (Fsp3) is 0.357. The van der Waals surface area contributed by atoms with E-state index in [-0.39, 0.29) is 0 Å². The molecule has 2 rings (SSSR count). The van der Waals surface area contributed by atoms with E-state index in [0.717, 1.165) is 35.1 Å². The second-order valence-electron chi connectivity index (χ2n) is 4.19. The van der Waals surface area contributed by atoms with Gasteiger partial charge in [0.1, 0.15) is 0 Å². The maximum Gasteiger partial charge on any atom is 0.0870 e. The van der Waals surface area contributed by atoms with Crippen molar-refractivity contribution in [2.45, 2.75) is 26.7 Å². The molecule has 0 saturated heterocycles. The zero-order chi connectivity index (χ0) is 13.1. The number of fused-ring (bicyclic) bond motifs is 1. The number of halogens is 2. The zero-order valence-electron chi connectivity index (χ0n) is 10.6. The van der Waals surface area contributed by atoms with Gasteiger partial charge in [-0.1, -0.05) is 29.3 Å². The topological polar surface area (TPSA) is 24.9 Å². The molecule has 1 heterocycles. The molecule has 0 aliphatic rings. The SMILES string of the molecule is CCCc1cc(NCC)c2c(Br)ccc(I)c2n1. The van der Waals surface area contributed by atoms with Crippen LogP contribution in [-0.2, 0) is 6.42 Å². The van der Waals surface area contributed by atoms with Gasteiger partial charge in [-0.15, -0.1) is 0 Å². The highest BCUT2D eigenvalue weighted by molar-refractivity contribution is 14.1. The highest BCUT2D eigenvalue weighted by atomic mass is 127. The summed E-state index contributed by atoms with van der Waals surface area (Å²) in [4.78, 5) is 4.79. The molecule has 0 amide bonds. The molecule has 0 unspecified atom stereocenters. The van der Waals surface area contributed by atoms with Crippen molar-refractivity contribution in [3.05, 3.63) is 31.9 Å². The lowest BCUT2D eigenvalue weighted by Crippen LogP contribution is -2.02. The summed E-state index contributed by atoms with van der Waals surface area (Å²) < 4.78 is 2.30. The number of nitrogens with one attached hydrogen (secondary N) is 1. The van der Waals surface area contributed by atoms with E-state index in [2.05, 4.69) is 75.9 Å². The third-order valence-electron chi connectivity index (χ3n) is 2.79. The van der Waals surface area contributed by atoms with Crippen molar-refractivity contribution in [3.63, 3.8) is 0 Å². The van der Waals surface area contributed by atoms with E-state index in [0.29, 0.717) is 0 Å². The molecule has 0 atom stereocenters. The minimum Gasteiger partial charge on any atom is -0.385 e. The standard InChI is InChI=1S/C14H16BrIN2/c1-3-5-9-8-12(17-4-2)13-10(15)6-7-11(16)14(13)18-9/h6-8H,3-5H2,1-2H3,(H,17,18). The van der Waals surface area contributed by atoms with Gasteiger partial charge < -0.3 is 5.32 Å². The first-order chi connectivity index (χ1) is 8.67. The van der Waals surface area contributed by atoms with Crippen LogP contribution in [0.1, 0.15) is 26.0 Å². The minimum absolute atomic E-state index is 0.919. The first-order valence-electron chi connectivity index (χ1n) is 6.18. The molecule has 0 fully saturated rings. The summed E-state index contributed by atoms with van der Waals surface area (Å²) >= 11 is 5.99. The Balaban J connectivity index is 2.72. The van der Waals surface area contributed by atoms with Gasteiger partial charge in [-0.25, -0.2) is 0 Å². The molecule has 0 spiro atoms. The smallest absolute Gasteiger partial charge is 0.0870 e. The van der Waals surface area contributed by atoms with Crippen molar-refractivity contribution in [3.8, 4) is 0 Å². The predicted octanol–water partition coefficient (Wildman–Crippen LogP) is 4.99. The number of pyridine rings is 1. The Bertz CT molecular complexity index is 569. The molecule has 2 aromatic rings. The van der Waals surface area contributed by atoms with Crippen LogP contribution in [0.3, 0.4) is 0 Å². The van der Waals surface area contributed by atoms with Crippen LogP contribution in [0.4, 0.5) is 5.69 Å². The number of nitrogens with zero attached hydrogens (tertiary/aromatic N) is 1. The Morgan fingerprint density at radius 2 is 2.11 bits per heavy atom. The molecule has 0 aliphatic heterocycles. The summed E-state index contributed by atoms with van der Waals surface area (Å²) in [6.07, 6.45) is 2.14. The van der Waals surface area contributed by atoms with Crippen LogP contribution < -0.4 is 5.32 Å². The van der Waals surface area contributed by atoms with Crippen molar-refractivity contribution in [2.75, 3.05) is 11.9 Å². The highest BCUT2D eigenvalue weighted by Crippen LogP contribution is 2.33. The quantitative estimate of drug-likeness (QED) is 0.707. The van der Waals surface area contributed by atoms with E-state index in [1.54, 1.807) is 0 Å². The summed E-state index contributed by atoms with van der Waals surface area (Å²) in [6.45, 7) is 5.22. The molecule has 0 radical (unpaired) electrons. The van der Waals surface area contributed by atoms with E-state index < -0.39 is 0 Å². The second kappa shape index (κ2) is 6.19. The number of hydrogen-bond acceptors (Lipinski definition) is 2. The number of rotatable bonds is 4. The first-order valence-corrected chi connectivity index (χ1v) is 8.06. The van der Waals surface area contributed by atoms with Crippen LogP contribution in [-0.4, -0.2) is 11.5 Å². The fourth-order valence-corrected chi connectivity index (χ4v) is 3.14. The Morgan fingerprint density at radius 3 is 2.78 bits per heavy atom. The van der Waals surface area contributed by atoms with Crippen LogP contribution in [0.2, 0.25) is 0 Å². The van der Waals surface area contributed by atoms with Crippen molar-refractivity contribution in [1.82, 2.24) is 4.98 Å². The molecular weight excluding hydrogens is 403 g/mol. The second-order valence-corrected chi connectivity index (χ2v) is 6.21. The first kappa shape index (κ1) is 14.1. The Morgan fingerprint density at radius 1 is 1.33 bits per heavy atom. The highest BCUT2D eigenvalue weighted by Gasteiger charge is 2.11. The number of hydrogen-bond donors (Lipinski definition) is 1. The number of aromatic nitrogens is 1. The lowest BCUT2D eigenvalue weighted by atomic mass is 10.1. The summed E-state index contributed by atoms with van der Waals surface area (Å²) in [5, 5.41) is 4.63. The molecule has 1 aromatic carbocycles. The Labute approximate surface area is 130 Å². The van der Waals surface area contributed by atoms with Crippen molar-refractivity contribution in [2.24, 2.45) is 0 Å². The third-order valence-corrected chi connectivity index (χ3v) is 4.32.